The molecule has 0 radical (unpaired) electrons. The minimum Gasteiger partial charge on any atom is -0.476 e. The van der Waals surface area contributed by atoms with Crippen LogP contribution in [0.5, 0.6) is 5.75 Å². The van der Waals surface area contributed by atoms with Crippen LogP contribution in [0.25, 0.3) is 0 Å². The lowest BCUT2D eigenvalue weighted by molar-refractivity contribution is -0.125. The molecule has 7 heteroatoms. The van der Waals surface area contributed by atoms with Crippen LogP contribution in [0.4, 0.5) is 24.5 Å². The van der Waals surface area contributed by atoms with Crippen molar-refractivity contribution in [3.05, 3.63) is 52.8 Å². The van der Waals surface area contributed by atoms with E-state index in [0.717, 1.165) is 6.07 Å². The van der Waals surface area contributed by atoms with Crippen LogP contribution in [0.2, 0.25) is 0 Å². The zero-order chi connectivity index (χ0) is 17.6. The minimum absolute atomic E-state index is 0.0155. The summed E-state index contributed by atoms with van der Waals surface area (Å²) < 4.78 is 47.0. The Morgan fingerprint density at radius 3 is 2.67 bits per heavy atom. The van der Waals surface area contributed by atoms with Gasteiger partial charge in [0.15, 0.2) is 29.3 Å². The van der Waals surface area contributed by atoms with Crippen molar-refractivity contribution < 1.29 is 22.7 Å². The highest BCUT2D eigenvalue weighted by Gasteiger charge is 2.35. The summed E-state index contributed by atoms with van der Waals surface area (Å²) in [6, 6.07) is 5.19. The summed E-state index contributed by atoms with van der Waals surface area (Å²) in [4.78, 5) is 13.6. The van der Waals surface area contributed by atoms with Crippen LogP contribution in [0.1, 0.15) is 18.1 Å². The maximum Gasteiger partial charge on any atom is 0.268 e. The van der Waals surface area contributed by atoms with Crippen LogP contribution in [-0.4, -0.2) is 12.0 Å². The lowest BCUT2D eigenvalue weighted by atomic mass is 10.1. The van der Waals surface area contributed by atoms with Gasteiger partial charge in [0.25, 0.3) is 5.91 Å². The van der Waals surface area contributed by atoms with E-state index in [-0.39, 0.29) is 29.2 Å². The third-order valence-corrected chi connectivity index (χ3v) is 4.01. The van der Waals surface area contributed by atoms with E-state index in [1.807, 2.05) is 0 Å². The molecule has 1 heterocycles. The second-order valence-electron chi connectivity index (χ2n) is 5.67. The third-order valence-electron chi connectivity index (χ3n) is 4.01. The van der Waals surface area contributed by atoms with Gasteiger partial charge < -0.3 is 15.4 Å². The molecule has 0 saturated heterocycles. The first-order chi connectivity index (χ1) is 11.3. The van der Waals surface area contributed by atoms with Crippen LogP contribution >= 0.6 is 0 Å². The van der Waals surface area contributed by atoms with Gasteiger partial charge in [0.2, 0.25) is 0 Å². The molecular formula is C17H15F3N2O2. The number of rotatable bonds is 2. The Hall–Kier alpha value is -2.70. The quantitative estimate of drug-likeness (QED) is 0.856. The van der Waals surface area contributed by atoms with Crippen molar-refractivity contribution in [3.8, 4) is 5.75 Å². The predicted octanol–water partition coefficient (Wildman–Crippen LogP) is 3.31. The van der Waals surface area contributed by atoms with Gasteiger partial charge in [-0.15, -0.1) is 0 Å². The highest BCUT2D eigenvalue weighted by molar-refractivity contribution is 6.00. The number of anilines is 2. The molecule has 2 aromatic rings. The minimum atomic E-state index is -1.04. The van der Waals surface area contributed by atoms with Crippen molar-refractivity contribution in [3.63, 3.8) is 0 Å². The number of hydrogen-bond acceptors (Lipinski definition) is 3. The van der Waals surface area contributed by atoms with Crippen LogP contribution in [0.15, 0.2) is 24.3 Å². The molecule has 1 aliphatic heterocycles. The Kier molecular flexibility index (Phi) is 3.87. The Morgan fingerprint density at radius 2 is 1.96 bits per heavy atom. The normalized spacial score (nSPS) is 16.8. The molecule has 0 saturated carbocycles. The molecule has 3 rings (SSSR count). The van der Waals surface area contributed by atoms with E-state index >= 15 is 0 Å². The Morgan fingerprint density at radius 1 is 1.25 bits per heavy atom. The predicted molar refractivity (Wildman–Crippen MR) is 83.2 cm³/mol. The molecule has 0 spiro atoms. The van der Waals surface area contributed by atoms with Crippen LogP contribution in [0.3, 0.4) is 0 Å². The fourth-order valence-electron chi connectivity index (χ4n) is 2.64. The van der Waals surface area contributed by atoms with Crippen molar-refractivity contribution in [2.45, 2.75) is 26.5 Å². The van der Waals surface area contributed by atoms with Crippen molar-refractivity contribution in [1.82, 2.24) is 0 Å². The van der Waals surface area contributed by atoms with Gasteiger partial charge in [-0.1, -0.05) is 12.1 Å². The summed E-state index contributed by atoms with van der Waals surface area (Å²) in [6.07, 6.45) is -0.967. The SMILES string of the molecule is Cc1cc2c(c(F)c1N)OC(C)C(=O)N2Cc1cccc(F)c1F. The van der Waals surface area contributed by atoms with Gasteiger partial charge in [-0.25, -0.2) is 13.2 Å². The summed E-state index contributed by atoms with van der Waals surface area (Å²) in [5.74, 6) is -3.47. The van der Waals surface area contributed by atoms with Gasteiger partial charge in [0.05, 0.1) is 17.9 Å². The topological polar surface area (TPSA) is 55.6 Å². The number of carbonyl (C=O) groups excluding carboxylic acids is 1. The number of halogens is 3. The first-order valence-corrected chi connectivity index (χ1v) is 7.30. The molecule has 24 heavy (non-hydrogen) atoms. The smallest absolute Gasteiger partial charge is 0.268 e. The molecular weight excluding hydrogens is 321 g/mol. The largest absolute Gasteiger partial charge is 0.476 e. The van der Waals surface area contributed by atoms with Gasteiger partial charge in [-0.05, 0) is 31.5 Å². The monoisotopic (exact) mass is 336 g/mol. The lowest BCUT2D eigenvalue weighted by Gasteiger charge is -2.34. The number of nitrogens with two attached hydrogens (primary N) is 1. The molecule has 1 atom stereocenters. The highest BCUT2D eigenvalue weighted by Crippen LogP contribution is 2.41. The molecule has 2 N–H and O–H groups in total. The number of benzene rings is 2. The maximum atomic E-state index is 14.4. The van der Waals surface area contributed by atoms with Crippen LogP contribution < -0.4 is 15.4 Å². The first-order valence-electron chi connectivity index (χ1n) is 7.30. The zero-order valence-corrected chi connectivity index (χ0v) is 13.1. The lowest BCUT2D eigenvalue weighted by Crippen LogP contribution is -2.44. The third kappa shape index (κ3) is 2.46. The van der Waals surface area contributed by atoms with Crippen LogP contribution in [-0.2, 0) is 11.3 Å². The van der Waals surface area contributed by atoms with E-state index in [1.165, 1.54) is 30.0 Å². The fourth-order valence-corrected chi connectivity index (χ4v) is 2.64. The van der Waals surface area contributed by atoms with Gasteiger partial charge in [-0.2, -0.15) is 0 Å². The molecule has 0 aliphatic carbocycles. The van der Waals surface area contributed by atoms with Crippen molar-refractivity contribution >= 4 is 17.3 Å². The van der Waals surface area contributed by atoms with Crippen molar-refractivity contribution in [2.24, 2.45) is 0 Å². The highest BCUT2D eigenvalue weighted by atomic mass is 19.2. The summed E-state index contributed by atoms with van der Waals surface area (Å²) in [7, 11) is 0. The number of fused-ring (bicyclic) bond motifs is 1. The summed E-state index contributed by atoms with van der Waals surface area (Å²) in [5.41, 5.74) is 6.13. The van der Waals surface area contributed by atoms with E-state index in [1.54, 1.807) is 6.92 Å². The van der Waals surface area contributed by atoms with Crippen molar-refractivity contribution in [2.75, 3.05) is 10.6 Å². The first kappa shape index (κ1) is 16.2. The van der Waals surface area contributed by atoms with Gasteiger partial charge in [0.1, 0.15) is 0 Å². The molecule has 0 aromatic heterocycles. The van der Waals surface area contributed by atoms with E-state index in [9.17, 15) is 18.0 Å². The Bertz CT molecular complexity index is 839. The average molecular weight is 336 g/mol. The number of carbonyl (C=O) groups is 1. The summed E-state index contributed by atoms with van der Waals surface area (Å²) in [6.45, 7) is 2.80. The molecule has 2 aromatic carbocycles. The summed E-state index contributed by atoms with van der Waals surface area (Å²) in [5, 5.41) is 0. The van der Waals surface area contributed by atoms with Gasteiger partial charge in [0, 0.05) is 5.56 Å². The Labute approximate surface area is 136 Å². The molecule has 1 amide bonds. The molecule has 126 valence electrons. The second-order valence-corrected chi connectivity index (χ2v) is 5.67. The van der Waals surface area contributed by atoms with Gasteiger partial charge in [-0.3, -0.25) is 4.79 Å². The van der Waals surface area contributed by atoms with Crippen molar-refractivity contribution in [1.29, 1.82) is 0 Å². The second kappa shape index (κ2) is 5.74. The Balaban J connectivity index is 2.11. The number of amides is 1. The standard InChI is InChI=1S/C17H15F3N2O2/c1-8-6-12-16(14(20)15(8)21)24-9(2)17(23)22(12)7-10-4-3-5-11(18)13(10)19/h3-6,9H,7,21H2,1-2H3. The maximum absolute atomic E-state index is 14.4. The molecule has 4 nitrogen and oxygen atoms in total. The molecule has 1 aliphatic rings. The number of nitrogen functional groups attached to an aromatic ring is 1. The van der Waals surface area contributed by atoms with E-state index in [2.05, 4.69) is 0 Å². The molecule has 1 unspecified atom stereocenters. The van der Waals surface area contributed by atoms with E-state index < -0.39 is 29.5 Å². The average Bonchev–Trinajstić information content (AvgIpc) is 2.55. The number of hydrogen-bond donors (Lipinski definition) is 1. The van der Waals surface area contributed by atoms with Crippen LogP contribution in [0, 0.1) is 24.4 Å². The number of aryl methyl sites for hydroxylation is 1. The fraction of sp³-hybridized carbons (Fsp3) is 0.235. The summed E-state index contributed by atoms with van der Waals surface area (Å²) >= 11 is 0. The van der Waals surface area contributed by atoms with E-state index in [0.29, 0.717) is 5.56 Å². The zero-order valence-electron chi connectivity index (χ0n) is 13.1. The molecule has 0 fully saturated rings. The van der Waals surface area contributed by atoms with Gasteiger partial charge >= 0.3 is 0 Å². The van der Waals surface area contributed by atoms with E-state index in [4.69, 9.17) is 10.5 Å². The number of ether oxygens (including phenoxy) is 1. The number of nitrogens with zero attached hydrogens (tertiary/aromatic N) is 1. The molecule has 0 bridgehead atoms.